The maximum Gasteiger partial charge on any atom is 0.181 e. The molecule has 2 rings (SSSR count). The molecule has 0 aliphatic rings. The third kappa shape index (κ3) is 1.26. The van der Waals surface area contributed by atoms with Crippen molar-refractivity contribution in [1.29, 1.82) is 0 Å². The molecule has 0 spiro atoms. The molecule has 5 heteroatoms. The summed E-state index contributed by atoms with van der Waals surface area (Å²) in [6.07, 6.45) is 0. The molecule has 2 aromatic rings. The standard InChI is InChI=1S/C8H6ClFN2S/c1-3-6(9)4(10)2-5-7(3)13-8(11)12-5/h2H,1H3,(H2,11,12). The van der Waals surface area contributed by atoms with E-state index >= 15 is 0 Å². The van der Waals surface area contributed by atoms with E-state index in [2.05, 4.69) is 4.98 Å². The first-order valence-corrected chi connectivity index (χ1v) is 4.79. The predicted octanol–water partition coefficient (Wildman–Crippen LogP) is 2.98. The van der Waals surface area contributed by atoms with Gasteiger partial charge in [0.1, 0.15) is 5.82 Å². The van der Waals surface area contributed by atoms with E-state index in [0.29, 0.717) is 16.2 Å². The number of thiazole rings is 1. The SMILES string of the molecule is Cc1c(Cl)c(F)cc2nc(N)sc12. The van der Waals surface area contributed by atoms with Crippen molar-refractivity contribution in [2.45, 2.75) is 6.92 Å². The normalized spacial score (nSPS) is 11.0. The monoisotopic (exact) mass is 216 g/mol. The zero-order chi connectivity index (χ0) is 9.59. The van der Waals surface area contributed by atoms with Gasteiger partial charge in [0.2, 0.25) is 0 Å². The highest BCUT2D eigenvalue weighted by molar-refractivity contribution is 7.22. The molecular formula is C8H6ClFN2S. The predicted molar refractivity (Wildman–Crippen MR) is 53.7 cm³/mol. The first-order chi connectivity index (χ1) is 6.09. The molecule has 2 nitrogen and oxygen atoms in total. The first-order valence-electron chi connectivity index (χ1n) is 3.60. The highest BCUT2D eigenvalue weighted by Gasteiger charge is 2.11. The Bertz CT molecular complexity index is 480. The molecule has 1 aromatic carbocycles. The number of hydrogen-bond acceptors (Lipinski definition) is 3. The molecule has 0 bridgehead atoms. The number of nitrogens with zero attached hydrogens (tertiary/aromatic N) is 1. The second kappa shape index (κ2) is 2.82. The maximum atomic E-state index is 13.1. The number of aryl methyl sites for hydroxylation is 1. The molecule has 0 radical (unpaired) electrons. The third-order valence-electron chi connectivity index (χ3n) is 1.81. The minimum Gasteiger partial charge on any atom is -0.375 e. The van der Waals surface area contributed by atoms with Crippen LogP contribution >= 0.6 is 22.9 Å². The fraction of sp³-hybridized carbons (Fsp3) is 0.125. The molecule has 0 atom stereocenters. The number of nitrogens with two attached hydrogens (primary N) is 1. The Kier molecular flexibility index (Phi) is 1.89. The van der Waals surface area contributed by atoms with E-state index in [-0.39, 0.29) is 5.02 Å². The zero-order valence-corrected chi connectivity index (χ0v) is 8.34. The van der Waals surface area contributed by atoms with Crippen LogP contribution in [-0.4, -0.2) is 4.98 Å². The molecule has 1 aromatic heterocycles. The summed E-state index contributed by atoms with van der Waals surface area (Å²) in [5.41, 5.74) is 6.77. The lowest BCUT2D eigenvalue weighted by molar-refractivity contribution is 0.629. The number of rotatable bonds is 0. The molecule has 1 heterocycles. The van der Waals surface area contributed by atoms with E-state index in [9.17, 15) is 4.39 Å². The Morgan fingerprint density at radius 1 is 1.62 bits per heavy atom. The highest BCUT2D eigenvalue weighted by Crippen LogP contribution is 2.32. The summed E-state index contributed by atoms with van der Waals surface area (Å²) < 4.78 is 14.0. The second-order valence-electron chi connectivity index (χ2n) is 2.70. The van der Waals surface area contributed by atoms with Gasteiger partial charge in [0.05, 0.1) is 15.2 Å². The van der Waals surface area contributed by atoms with Gasteiger partial charge in [-0.15, -0.1) is 0 Å². The largest absolute Gasteiger partial charge is 0.375 e. The summed E-state index contributed by atoms with van der Waals surface area (Å²) in [5, 5.41) is 0.580. The van der Waals surface area contributed by atoms with Crippen molar-refractivity contribution in [3.05, 3.63) is 22.5 Å². The van der Waals surface area contributed by atoms with Gasteiger partial charge in [-0.2, -0.15) is 0 Å². The van der Waals surface area contributed by atoms with E-state index in [0.717, 1.165) is 4.70 Å². The smallest absolute Gasteiger partial charge is 0.181 e. The molecule has 0 unspecified atom stereocenters. The van der Waals surface area contributed by atoms with Gasteiger partial charge in [-0.3, -0.25) is 0 Å². The van der Waals surface area contributed by atoms with Crippen LogP contribution in [-0.2, 0) is 0 Å². The molecule has 13 heavy (non-hydrogen) atoms. The first kappa shape index (κ1) is 8.72. The molecule has 0 fully saturated rings. The van der Waals surface area contributed by atoms with Crippen molar-refractivity contribution in [2.75, 3.05) is 5.73 Å². The maximum absolute atomic E-state index is 13.1. The van der Waals surface area contributed by atoms with Crippen molar-refractivity contribution in [3.8, 4) is 0 Å². The fourth-order valence-electron chi connectivity index (χ4n) is 1.18. The summed E-state index contributed by atoms with van der Waals surface area (Å²) in [4.78, 5) is 3.97. The Morgan fingerprint density at radius 2 is 2.31 bits per heavy atom. The summed E-state index contributed by atoms with van der Waals surface area (Å²) >= 11 is 7.05. The topological polar surface area (TPSA) is 38.9 Å². The minimum absolute atomic E-state index is 0.149. The lowest BCUT2D eigenvalue weighted by atomic mass is 10.2. The molecule has 0 saturated heterocycles. The summed E-state index contributed by atoms with van der Waals surface area (Å²) in [6, 6.07) is 1.30. The Balaban J connectivity index is 2.92. The molecule has 0 saturated carbocycles. The number of aromatic nitrogens is 1. The van der Waals surface area contributed by atoms with E-state index in [1.165, 1.54) is 17.4 Å². The molecule has 0 aliphatic carbocycles. The van der Waals surface area contributed by atoms with Gasteiger partial charge >= 0.3 is 0 Å². The van der Waals surface area contributed by atoms with Crippen LogP contribution in [0.4, 0.5) is 9.52 Å². The summed E-state index contributed by atoms with van der Waals surface area (Å²) in [6.45, 7) is 1.76. The van der Waals surface area contributed by atoms with Crippen LogP contribution in [0.2, 0.25) is 5.02 Å². The van der Waals surface area contributed by atoms with Gasteiger partial charge in [-0.25, -0.2) is 9.37 Å². The van der Waals surface area contributed by atoms with Crippen molar-refractivity contribution in [1.82, 2.24) is 4.98 Å². The van der Waals surface area contributed by atoms with Crippen LogP contribution in [0.15, 0.2) is 6.07 Å². The molecule has 68 valence electrons. The van der Waals surface area contributed by atoms with E-state index in [1.807, 2.05) is 0 Å². The number of fused-ring (bicyclic) bond motifs is 1. The van der Waals surface area contributed by atoms with Crippen LogP contribution in [0.3, 0.4) is 0 Å². The Hall–Kier alpha value is -0.870. The van der Waals surface area contributed by atoms with Crippen molar-refractivity contribution in [2.24, 2.45) is 0 Å². The zero-order valence-electron chi connectivity index (χ0n) is 6.77. The quantitative estimate of drug-likeness (QED) is 0.735. The van der Waals surface area contributed by atoms with Gasteiger partial charge in [-0.05, 0) is 12.5 Å². The second-order valence-corrected chi connectivity index (χ2v) is 4.11. The molecule has 2 N–H and O–H groups in total. The van der Waals surface area contributed by atoms with Gasteiger partial charge < -0.3 is 5.73 Å². The Labute approximate surface area is 83.1 Å². The number of anilines is 1. The lowest BCUT2D eigenvalue weighted by Gasteiger charge is -1.98. The summed E-state index contributed by atoms with van der Waals surface area (Å²) in [7, 11) is 0. The average Bonchev–Trinajstić information content (AvgIpc) is 2.42. The van der Waals surface area contributed by atoms with Crippen LogP contribution in [0.25, 0.3) is 10.2 Å². The van der Waals surface area contributed by atoms with Gasteiger partial charge in [0.25, 0.3) is 0 Å². The molecular weight excluding hydrogens is 211 g/mol. The minimum atomic E-state index is -0.447. The third-order valence-corrected chi connectivity index (χ3v) is 3.30. The average molecular weight is 217 g/mol. The van der Waals surface area contributed by atoms with E-state index in [1.54, 1.807) is 6.92 Å². The fourth-order valence-corrected chi connectivity index (χ4v) is 2.20. The van der Waals surface area contributed by atoms with Crippen molar-refractivity contribution < 1.29 is 4.39 Å². The van der Waals surface area contributed by atoms with Crippen molar-refractivity contribution in [3.63, 3.8) is 0 Å². The van der Waals surface area contributed by atoms with Gasteiger partial charge in [-0.1, -0.05) is 22.9 Å². The molecule has 0 amide bonds. The lowest BCUT2D eigenvalue weighted by Crippen LogP contribution is -1.83. The van der Waals surface area contributed by atoms with Crippen molar-refractivity contribution >= 4 is 38.3 Å². The summed E-state index contributed by atoms with van der Waals surface area (Å²) in [5.74, 6) is -0.447. The number of halogens is 2. The highest BCUT2D eigenvalue weighted by atomic mass is 35.5. The van der Waals surface area contributed by atoms with Gasteiger partial charge in [0.15, 0.2) is 5.13 Å². The number of hydrogen-bond donors (Lipinski definition) is 1. The van der Waals surface area contributed by atoms with Crippen LogP contribution in [0.5, 0.6) is 0 Å². The van der Waals surface area contributed by atoms with Crippen LogP contribution in [0.1, 0.15) is 5.56 Å². The number of benzene rings is 1. The Morgan fingerprint density at radius 3 is 3.00 bits per heavy atom. The van der Waals surface area contributed by atoms with E-state index < -0.39 is 5.82 Å². The van der Waals surface area contributed by atoms with Crippen LogP contribution in [0, 0.1) is 12.7 Å². The van der Waals surface area contributed by atoms with Crippen LogP contribution < -0.4 is 5.73 Å². The van der Waals surface area contributed by atoms with Gasteiger partial charge in [0, 0.05) is 6.07 Å². The molecule has 0 aliphatic heterocycles. The number of nitrogen functional groups attached to an aromatic ring is 1. The van der Waals surface area contributed by atoms with E-state index in [4.69, 9.17) is 17.3 Å².